The Labute approximate surface area is 373 Å². The fourth-order valence-corrected chi connectivity index (χ4v) is 8.03. The fraction of sp³-hybridized carbons (Fsp3) is 0.852. The molecule has 0 rings (SSSR count). The predicted octanol–water partition coefficient (Wildman–Crippen LogP) is 15.7. The number of hydrogen-bond donors (Lipinski definition) is 3. The maximum absolute atomic E-state index is 13.2. The molecule has 0 bridgehead atoms. The molecule has 3 atom stereocenters. The van der Waals surface area contributed by atoms with Crippen molar-refractivity contribution in [2.75, 3.05) is 6.61 Å². The van der Waals surface area contributed by atoms with E-state index in [0.717, 1.165) is 89.9 Å². The van der Waals surface area contributed by atoms with Crippen molar-refractivity contribution in [1.29, 1.82) is 0 Å². The second-order valence-corrected chi connectivity index (χ2v) is 17.9. The second-order valence-electron chi connectivity index (χ2n) is 17.9. The van der Waals surface area contributed by atoms with Crippen LogP contribution in [-0.2, 0) is 14.3 Å². The van der Waals surface area contributed by atoms with Crippen LogP contribution < -0.4 is 5.32 Å². The Morgan fingerprint density at radius 3 is 1.37 bits per heavy atom. The Morgan fingerprint density at radius 1 is 0.500 bits per heavy atom. The van der Waals surface area contributed by atoms with Gasteiger partial charge in [0.2, 0.25) is 5.91 Å². The summed E-state index contributed by atoms with van der Waals surface area (Å²) >= 11 is 0. The van der Waals surface area contributed by atoms with Gasteiger partial charge in [0.1, 0.15) is 6.10 Å². The van der Waals surface area contributed by atoms with Gasteiger partial charge < -0.3 is 20.3 Å². The van der Waals surface area contributed by atoms with Crippen molar-refractivity contribution in [1.82, 2.24) is 5.32 Å². The molecule has 0 radical (unpaired) electrons. The molecule has 3 N–H and O–H groups in total. The van der Waals surface area contributed by atoms with Crippen LogP contribution in [0.2, 0.25) is 0 Å². The van der Waals surface area contributed by atoms with E-state index in [1.54, 1.807) is 0 Å². The molecule has 0 saturated heterocycles. The van der Waals surface area contributed by atoms with Gasteiger partial charge in [0.25, 0.3) is 0 Å². The smallest absolute Gasteiger partial charge is 0.306 e. The minimum absolute atomic E-state index is 0.0664. The van der Waals surface area contributed by atoms with Crippen molar-refractivity contribution < 1.29 is 24.5 Å². The van der Waals surface area contributed by atoms with Crippen LogP contribution in [0.5, 0.6) is 0 Å². The number of esters is 1. The maximum atomic E-state index is 13.2. The van der Waals surface area contributed by atoms with Crippen LogP contribution in [0.4, 0.5) is 0 Å². The van der Waals surface area contributed by atoms with Gasteiger partial charge in [-0.1, -0.05) is 237 Å². The van der Waals surface area contributed by atoms with Crippen LogP contribution in [0.3, 0.4) is 0 Å². The molecule has 6 nitrogen and oxygen atoms in total. The summed E-state index contributed by atoms with van der Waals surface area (Å²) < 4.78 is 5.93. The number of allylic oxidation sites excluding steroid dienone is 6. The molecule has 0 aromatic rings. The number of carbonyl (C=O) groups is 2. The summed E-state index contributed by atoms with van der Waals surface area (Å²) in [6.07, 6.45) is 56.3. The summed E-state index contributed by atoms with van der Waals surface area (Å²) in [6, 6.07) is -0.706. The van der Waals surface area contributed by atoms with Gasteiger partial charge in [0.05, 0.1) is 25.2 Å². The van der Waals surface area contributed by atoms with E-state index >= 15 is 0 Å². The number of aliphatic hydroxyl groups excluding tert-OH is 2. The van der Waals surface area contributed by atoms with Gasteiger partial charge >= 0.3 is 5.97 Å². The molecule has 0 aliphatic rings. The molecular formula is C54H101NO5. The molecule has 0 aliphatic heterocycles. The van der Waals surface area contributed by atoms with Crippen molar-refractivity contribution in [2.45, 2.75) is 289 Å². The normalized spacial score (nSPS) is 13.5. The van der Waals surface area contributed by atoms with Crippen molar-refractivity contribution in [2.24, 2.45) is 0 Å². The van der Waals surface area contributed by atoms with E-state index in [9.17, 15) is 19.8 Å². The molecule has 0 aliphatic carbocycles. The number of rotatable bonds is 47. The third-order valence-electron chi connectivity index (χ3n) is 12.0. The molecule has 6 heteroatoms. The monoisotopic (exact) mass is 844 g/mol. The van der Waals surface area contributed by atoms with Gasteiger partial charge in [-0.15, -0.1) is 0 Å². The van der Waals surface area contributed by atoms with E-state index in [-0.39, 0.29) is 24.9 Å². The topological polar surface area (TPSA) is 95.9 Å². The minimum Gasteiger partial charge on any atom is -0.462 e. The molecule has 0 fully saturated rings. The van der Waals surface area contributed by atoms with Gasteiger partial charge in [0.15, 0.2) is 0 Å². The molecule has 0 heterocycles. The Hall–Kier alpha value is -1.92. The van der Waals surface area contributed by atoms with E-state index in [4.69, 9.17) is 4.74 Å². The SMILES string of the molecule is CC/C=C/C/C=C/C/C=C/CCCCCCC(CC(=O)NC(CO)C(O)CCCCCCCCCCCCCCCC)OC(=O)CCCCCCCCCCCCCCC. The largest absolute Gasteiger partial charge is 0.462 e. The van der Waals surface area contributed by atoms with E-state index < -0.39 is 18.2 Å². The van der Waals surface area contributed by atoms with Crippen molar-refractivity contribution in [3.63, 3.8) is 0 Å². The Kier molecular flexibility index (Phi) is 46.6. The average Bonchev–Trinajstić information content (AvgIpc) is 3.24. The van der Waals surface area contributed by atoms with Crippen LogP contribution in [0, 0.1) is 0 Å². The van der Waals surface area contributed by atoms with Crippen LogP contribution in [0.25, 0.3) is 0 Å². The van der Waals surface area contributed by atoms with E-state index in [2.05, 4.69) is 62.5 Å². The van der Waals surface area contributed by atoms with Crippen LogP contribution >= 0.6 is 0 Å². The lowest BCUT2D eigenvalue weighted by molar-refractivity contribution is -0.151. The zero-order chi connectivity index (χ0) is 43.8. The highest BCUT2D eigenvalue weighted by molar-refractivity contribution is 5.77. The van der Waals surface area contributed by atoms with Gasteiger partial charge in [-0.3, -0.25) is 9.59 Å². The van der Waals surface area contributed by atoms with Crippen LogP contribution in [0.1, 0.15) is 271 Å². The van der Waals surface area contributed by atoms with Gasteiger partial charge in [0, 0.05) is 6.42 Å². The number of aliphatic hydroxyl groups is 2. The molecule has 0 aromatic heterocycles. The zero-order valence-corrected chi connectivity index (χ0v) is 40.1. The van der Waals surface area contributed by atoms with E-state index in [1.165, 1.54) is 135 Å². The summed E-state index contributed by atoms with van der Waals surface area (Å²) in [5.74, 6) is -0.485. The number of ether oxygens (including phenoxy) is 1. The first-order chi connectivity index (χ1) is 29.5. The summed E-state index contributed by atoms with van der Waals surface area (Å²) in [4.78, 5) is 26.1. The first-order valence-corrected chi connectivity index (χ1v) is 26.2. The fourth-order valence-electron chi connectivity index (χ4n) is 8.03. The lowest BCUT2D eigenvalue weighted by Gasteiger charge is -2.24. The molecule has 352 valence electrons. The highest BCUT2D eigenvalue weighted by atomic mass is 16.5. The highest BCUT2D eigenvalue weighted by Gasteiger charge is 2.24. The molecule has 1 amide bonds. The Morgan fingerprint density at radius 2 is 0.900 bits per heavy atom. The molecule has 0 aromatic carbocycles. The van der Waals surface area contributed by atoms with Crippen molar-refractivity contribution in [3.8, 4) is 0 Å². The molecule has 60 heavy (non-hydrogen) atoms. The quantitative estimate of drug-likeness (QED) is 0.0322. The Balaban J connectivity index is 4.58. The summed E-state index contributed by atoms with van der Waals surface area (Å²) in [6.45, 7) is 6.38. The van der Waals surface area contributed by atoms with Crippen molar-refractivity contribution in [3.05, 3.63) is 36.5 Å². The maximum Gasteiger partial charge on any atom is 0.306 e. The molecule has 0 spiro atoms. The lowest BCUT2D eigenvalue weighted by atomic mass is 10.0. The first-order valence-electron chi connectivity index (χ1n) is 26.2. The van der Waals surface area contributed by atoms with Gasteiger partial charge in [-0.05, 0) is 57.8 Å². The van der Waals surface area contributed by atoms with Crippen LogP contribution in [0.15, 0.2) is 36.5 Å². The van der Waals surface area contributed by atoms with E-state index in [0.29, 0.717) is 19.3 Å². The number of hydrogen-bond acceptors (Lipinski definition) is 5. The number of unbranched alkanes of at least 4 members (excludes halogenated alkanes) is 29. The van der Waals surface area contributed by atoms with Gasteiger partial charge in [-0.25, -0.2) is 0 Å². The third-order valence-corrected chi connectivity index (χ3v) is 12.0. The van der Waals surface area contributed by atoms with E-state index in [1.807, 2.05) is 0 Å². The average molecular weight is 844 g/mol. The highest BCUT2D eigenvalue weighted by Crippen LogP contribution is 2.18. The second kappa shape index (κ2) is 48.1. The summed E-state index contributed by atoms with van der Waals surface area (Å²) in [5, 5.41) is 23.8. The molecule has 3 unspecified atom stereocenters. The number of carbonyl (C=O) groups excluding carboxylic acids is 2. The summed E-state index contributed by atoms with van der Waals surface area (Å²) in [5.41, 5.74) is 0. The van der Waals surface area contributed by atoms with Crippen molar-refractivity contribution >= 4 is 11.9 Å². The van der Waals surface area contributed by atoms with Crippen LogP contribution in [-0.4, -0.2) is 46.9 Å². The standard InChI is InChI=1S/C54H101NO5/c1-4-7-10-13-16-19-22-25-28-30-33-36-39-42-45-50(60-54(59)47-44-41-38-35-32-27-24-21-18-15-12-9-6-3)48-53(58)55-51(49-56)52(57)46-43-40-37-34-31-29-26-23-20-17-14-11-8-5-2/h7,10,16,19,25,28,50-52,56-57H,4-6,8-9,11-15,17-18,20-24,26-27,29-49H2,1-3H3,(H,55,58)/b10-7+,19-16+,28-25+. The zero-order valence-electron chi connectivity index (χ0n) is 40.1. The third kappa shape index (κ3) is 42.8. The predicted molar refractivity (Wildman–Crippen MR) is 259 cm³/mol. The van der Waals surface area contributed by atoms with Gasteiger partial charge in [-0.2, -0.15) is 0 Å². The number of nitrogens with one attached hydrogen (secondary N) is 1. The lowest BCUT2D eigenvalue weighted by Crippen LogP contribution is -2.46. The first kappa shape index (κ1) is 58.1. The minimum atomic E-state index is -0.791. The molecular weight excluding hydrogens is 743 g/mol. The molecule has 0 saturated carbocycles. The number of amides is 1. The Bertz CT molecular complexity index is 993. The summed E-state index contributed by atoms with van der Waals surface area (Å²) in [7, 11) is 0.